The minimum atomic E-state index is 0.00700. The molecule has 0 unspecified atom stereocenters. The molecule has 2 rings (SSSR count). The minimum absolute atomic E-state index is 0.00700. The molecule has 0 N–H and O–H groups in total. The van der Waals surface area contributed by atoms with Gasteiger partial charge in [0.2, 0.25) is 0 Å². The number of carbonyl (C=O) groups is 1. The first kappa shape index (κ1) is 15.8. The Balaban J connectivity index is 1.78. The molecule has 0 bridgehead atoms. The van der Waals surface area contributed by atoms with Crippen LogP contribution in [-0.2, 0) is 9.53 Å². The highest BCUT2D eigenvalue weighted by Gasteiger charge is 2.29. The van der Waals surface area contributed by atoms with E-state index in [2.05, 4.69) is 18.7 Å². The van der Waals surface area contributed by atoms with Crippen molar-refractivity contribution in [3.63, 3.8) is 0 Å². The van der Waals surface area contributed by atoms with Gasteiger partial charge < -0.3 is 4.74 Å². The van der Waals surface area contributed by atoms with Crippen LogP contribution in [0.15, 0.2) is 0 Å². The number of rotatable bonds is 5. The molecule has 1 aliphatic heterocycles. The first-order valence-electron chi connectivity index (χ1n) is 8.57. The zero-order valence-corrected chi connectivity index (χ0v) is 13.3. The summed E-state index contributed by atoms with van der Waals surface area (Å²) < 4.78 is 5.83. The quantitative estimate of drug-likeness (QED) is 0.721. The number of likely N-dealkylation sites (tertiary alicyclic amines) is 1. The van der Waals surface area contributed by atoms with Crippen molar-refractivity contribution in [2.75, 3.05) is 19.6 Å². The lowest BCUT2D eigenvalue weighted by Crippen LogP contribution is -2.38. The van der Waals surface area contributed by atoms with Crippen LogP contribution in [-0.4, -0.2) is 36.6 Å². The van der Waals surface area contributed by atoms with Gasteiger partial charge in [-0.25, -0.2) is 0 Å². The van der Waals surface area contributed by atoms with Gasteiger partial charge in [0, 0.05) is 0 Å². The maximum absolute atomic E-state index is 12.1. The van der Waals surface area contributed by atoms with E-state index in [1.54, 1.807) is 0 Å². The van der Waals surface area contributed by atoms with Gasteiger partial charge >= 0.3 is 5.97 Å². The Morgan fingerprint density at radius 2 is 1.80 bits per heavy atom. The van der Waals surface area contributed by atoms with Crippen LogP contribution < -0.4 is 0 Å². The number of esters is 1. The largest absolute Gasteiger partial charge is 0.461 e. The monoisotopic (exact) mass is 281 g/mol. The summed E-state index contributed by atoms with van der Waals surface area (Å²) >= 11 is 0. The number of nitrogens with zero attached hydrogens (tertiary/aromatic N) is 1. The van der Waals surface area contributed by atoms with E-state index >= 15 is 0 Å². The Bertz CT molecular complexity index is 297. The standard InChI is InChI=1S/C17H31NO2/c1-14(2)12-15-8-4-5-9-16(15)20-17(19)13-18-10-6-3-7-11-18/h14-16H,3-13H2,1-2H3/t15-,16+/m0/s1. The van der Waals surface area contributed by atoms with Crippen LogP contribution in [0.4, 0.5) is 0 Å². The first-order chi connectivity index (χ1) is 9.65. The van der Waals surface area contributed by atoms with Crippen LogP contribution in [0.2, 0.25) is 0 Å². The Morgan fingerprint density at radius 3 is 2.50 bits per heavy atom. The van der Waals surface area contributed by atoms with Crippen molar-refractivity contribution in [1.29, 1.82) is 0 Å². The van der Waals surface area contributed by atoms with Crippen LogP contribution in [0.3, 0.4) is 0 Å². The molecule has 2 fully saturated rings. The molecule has 20 heavy (non-hydrogen) atoms. The van der Waals surface area contributed by atoms with Gasteiger partial charge in [0.15, 0.2) is 0 Å². The lowest BCUT2D eigenvalue weighted by atomic mass is 9.81. The van der Waals surface area contributed by atoms with Crippen molar-refractivity contribution < 1.29 is 9.53 Å². The third-order valence-electron chi connectivity index (χ3n) is 4.70. The van der Waals surface area contributed by atoms with E-state index in [1.807, 2.05) is 0 Å². The van der Waals surface area contributed by atoms with Crippen molar-refractivity contribution in [1.82, 2.24) is 4.90 Å². The van der Waals surface area contributed by atoms with E-state index in [4.69, 9.17) is 4.74 Å². The SMILES string of the molecule is CC(C)C[C@@H]1CCCC[C@H]1OC(=O)CN1CCCCC1. The second-order valence-corrected chi connectivity index (χ2v) is 7.04. The van der Waals surface area contributed by atoms with Crippen molar-refractivity contribution >= 4 is 5.97 Å². The zero-order chi connectivity index (χ0) is 14.4. The maximum atomic E-state index is 12.1. The Hall–Kier alpha value is -0.570. The van der Waals surface area contributed by atoms with E-state index in [0.29, 0.717) is 18.4 Å². The molecule has 2 aliphatic rings. The molecular weight excluding hydrogens is 250 g/mol. The molecule has 0 radical (unpaired) electrons. The molecule has 0 amide bonds. The molecule has 1 heterocycles. The summed E-state index contributed by atoms with van der Waals surface area (Å²) in [4.78, 5) is 14.4. The van der Waals surface area contributed by atoms with E-state index in [1.165, 1.54) is 44.9 Å². The molecule has 2 atom stereocenters. The highest BCUT2D eigenvalue weighted by atomic mass is 16.5. The average Bonchev–Trinajstić information content (AvgIpc) is 2.41. The Labute approximate surface area is 124 Å². The average molecular weight is 281 g/mol. The lowest BCUT2D eigenvalue weighted by molar-refractivity contribution is -0.155. The van der Waals surface area contributed by atoms with Crippen LogP contribution >= 0.6 is 0 Å². The summed E-state index contributed by atoms with van der Waals surface area (Å²) in [5, 5.41) is 0. The summed E-state index contributed by atoms with van der Waals surface area (Å²) in [6.45, 7) is 7.16. The predicted octanol–water partition coefficient (Wildman–Crippen LogP) is 3.62. The number of ether oxygens (including phenoxy) is 1. The Kier molecular flexibility index (Phi) is 6.34. The molecule has 3 heteroatoms. The molecule has 3 nitrogen and oxygen atoms in total. The van der Waals surface area contributed by atoms with Gasteiger partial charge in [-0.3, -0.25) is 9.69 Å². The topological polar surface area (TPSA) is 29.5 Å². The second kappa shape index (κ2) is 8.02. The number of hydrogen-bond donors (Lipinski definition) is 0. The summed E-state index contributed by atoms with van der Waals surface area (Å²) in [5.74, 6) is 1.29. The molecule has 0 aromatic rings. The summed E-state index contributed by atoms with van der Waals surface area (Å²) in [6.07, 6.45) is 9.98. The van der Waals surface area contributed by atoms with Crippen molar-refractivity contribution in [2.24, 2.45) is 11.8 Å². The maximum Gasteiger partial charge on any atom is 0.320 e. The molecule has 1 saturated carbocycles. The second-order valence-electron chi connectivity index (χ2n) is 7.04. The highest BCUT2D eigenvalue weighted by Crippen LogP contribution is 2.31. The van der Waals surface area contributed by atoms with E-state index in [0.717, 1.165) is 19.5 Å². The van der Waals surface area contributed by atoms with Gasteiger partial charge in [-0.2, -0.15) is 0 Å². The fourth-order valence-corrected chi connectivity index (χ4v) is 3.71. The van der Waals surface area contributed by atoms with Gasteiger partial charge in [0.05, 0.1) is 6.54 Å². The van der Waals surface area contributed by atoms with Crippen LogP contribution in [0.5, 0.6) is 0 Å². The van der Waals surface area contributed by atoms with E-state index in [-0.39, 0.29) is 12.1 Å². The van der Waals surface area contributed by atoms with Crippen LogP contribution in [0, 0.1) is 11.8 Å². The molecule has 1 aliphatic carbocycles. The molecular formula is C17H31NO2. The number of hydrogen-bond acceptors (Lipinski definition) is 3. The van der Waals surface area contributed by atoms with Gasteiger partial charge in [-0.1, -0.05) is 26.7 Å². The lowest BCUT2D eigenvalue weighted by Gasteiger charge is -2.33. The summed E-state index contributed by atoms with van der Waals surface area (Å²) in [7, 11) is 0. The number of carbonyl (C=O) groups excluding carboxylic acids is 1. The molecule has 0 aromatic carbocycles. The van der Waals surface area contributed by atoms with Gasteiger partial charge in [-0.05, 0) is 63.5 Å². The van der Waals surface area contributed by atoms with Crippen LogP contribution in [0.1, 0.15) is 65.2 Å². The zero-order valence-electron chi connectivity index (χ0n) is 13.3. The smallest absolute Gasteiger partial charge is 0.320 e. The normalized spacial score (nSPS) is 28.6. The third-order valence-corrected chi connectivity index (χ3v) is 4.70. The molecule has 0 aromatic heterocycles. The predicted molar refractivity (Wildman–Crippen MR) is 81.6 cm³/mol. The summed E-state index contributed by atoms with van der Waals surface area (Å²) in [5.41, 5.74) is 0. The fraction of sp³-hybridized carbons (Fsp3) is 0.941. The fourth-order valence-electron chi connectivity index (χ4n) is 3.71. The van der Waals surface area contributed by atoms with E-state index < -0.39 is 0 Å². The van der Waals surface area contributed by atoms with Crippen molar-refractivity contribution in [3.05, 3.63) is 0 Å². The van der Waals surface area contributed by atoms with Gasteiger partial charge in [0.1, 0.15) is 6.10 Å². The third kappa shape index (κ3) is 5.08. The minimum Gasteiger partial charge on any atom is -0.461 e. The highest BCUT2D eigenvalue weighted by molar-refractivity contribution is 5.71. The van der Waals surface area contributed by atoms with Gasteiger partial charge in [-0.15, -0.1) is 0 Å². The summed E-state index contributed by atoms with van der Waals surface area (Å²) in [6, 6.07) is 0. The molecule has 0 spiro atoms. The number of piperidine rings is 1. The first-order valence-corrected chi connectivity index (χ1v) is 8.57. The Morgan fingerprint density at radius 1 is 1.10 bits per heavy atom. The molecule has 1 saturated heterocycles. The van der Waals surface area contributed by atoms with Crippen LogP contribution in [0.25, 0.3) is 0 Å². The van der Waals surface area contributed by atoms with Crippen molar-refractivity contribution in [2.45, 2.75) is 71.3 Å². The van der Waals surface area contributed by atoms with E-state index in [9.17, 15) is 4.79 Å². The van der Waals surface area contributed by atoms with Gasteiger partial charge in [0.25, 0.3) is 0 Å². The van der Waals surface area contributed by atoms with Crippen molar-refractivity contribution in [3.8, 4) is 0 Å². The molecule has 116 valence electrons.